The van der Waals surface area contributed by atoms with E-state index in [1.165, 1.54) is 5.56 Å². The lowest BCUT2D eigenvalue weighted by molar-refractivity contribution is -0.127. The van der Waals surface area contributed by atoms with E-state index >= 15 is 0 Å². The molecule has 0 radical (unpaired) electrons. The maximum atomic E-state index is 12.2. The number of benzene rings is 2. The monoisotopic (exact) mass is 363 g/mol. The molecule has 1 N–H and O–H groups in total. The molecular formula is C19H22ClNO2S. The second kappa shape index (κ2) is 10.3. The van der Waals surface area contributed by atoms with Crippen LogP contribution in [0.25, 0.3) is 0 Å². The summed E-state index contributed by atoms with van der Waals surface area (Å²) in [5.74, 6) is 2.38. The first-order valence-corrected chi connectivity index (χ1v) is 9.54. The normalized spacial score (nSPS) is 11.8. The third-order valence-electron chi connectivity index (χ3n) is 3.39. The van der Waals surface area contributed by atoms with Gasteiger partial charge in [0.25, 0.3) is 5.91 Å². The van der Waals surface area contributed by atoms with Gasteiger partial charge in [0.05, 0.1) is 0 Å². The standard InChI is InChI=1S/C19H22ClNO2S/c1-2-18(23-17-9-4-3-5-10-17)19(22)21-11-12-24-14-15-7-6-8-16(20)13-15/h3-10,13,18H,2,11-12,14H2,1H3,(H,21,22)/t18-/m1/s1. The van der Waals surface area contributed by atoms with Crippen LogP contribution < -0.4 is 10.1 Å². The number of carbonyl (C=O) groups is 1. The second-order valence-corrected chi connectivity index (χ2v) is 6.84. The second-order valence-electron chi connectivity index (χ2n) is 5.30. The zero-order chi connectivity index (χ0) is 17.2. The van der Waals surface area contributed by atoms with E-state index in [0.717, 1.165) is 22.3 Å². The molecule has 5 heteroatoms. The Kier molecular flexibility index (Phi) is 7.99. The predicted molar refractivity (Wildman–Crippen MR) is 102 cm³/mol. The zero-order valence-electron chi connectivity index (χ0n) is 13.7. The van der Waals surface area contributed by atoms with Crippen molar-refractivity contribution in [1.29, 1.82) is 0 Å². The largest absolute Gasteiger partial charge is 0.481 e. The van der Waals surface area contributed by atoms with Crippen LogP contribution in [0.15, 0.2) is 54.6 Å². The molecule has 0 fully saturated rings. The quantitative estimate of drug-likeness (QED) is 0.664. The van der Waals surface area contributed by atoms with Crippen LogP contribution in [-0.4, -0.2) is 24.3 Å². The summed E-state index contributed by atoms with van der Waals surface area (Å²) in [5, 5.41) is 3.70. The summed E-state index contributed by atoms with van der Waals surface area (Å²) in [6, 6.07) is 17.3. The van der Waals surface area contributed by atoms with Gasteiger partial charge in [-0.05, 0) is 36.2 Å². The van der Waals surface area contributed by atoms with Crippen LogP contribution in [0.3, 0.4) is 0 Å². The molecule has 0 aliphatic rings. The number of ether oxygens (including phenoxy) is 1. The number of carbonyl (C=O) groups excluding carboxylic acids is 1. The molecule has 2 aromatic rings. The SMILES string of the molecule is CC[C@@H](Oc1ccccc1)C(=O)NCCSCc1cccc(Cl)c1. The lowest BCUT2D eigenvalue weighted by atomic mass is 10.2. The van der Waals surface area contributed by atoms with Crippen LogP contribution in [0.4, 0.5) is 0 Å². The number of hydrogen-bond donors (Lipinski definition) is 1. The van der Waals surface area contributed by atoms with Gasteiger partial charge in [0.2, 0.25) is 0 Å². The molecule has 0 saturated carbocycles. The first-order valence-electron chi connectivity index (χ1n) is 8.00. The molecule has 0 unspecified atom stereocenters. The minimum absolute atomic E-state index is 0.0651. The first kappa shape index (κ1) is 18.7. The number of rotatable bonds is 9. The summed E-state index contributed by atoms with van der Waals surface area (Å²) in [4.78, 5) is 12.2. The highest BCUT2D eigenvalue weighted by Crippen LogP contribution is 2.16. The predicted octanol–water partition coefficient (Wildman–Crippen LogP) is 4.55. The number of hydrogen-bond acceptors (Lipinski definition) is 3. The van der Waals surface area contributed by atoms with Crippen molar-refractivity contribution in [3.63, 3.8) is 0 Å². The number of para-hydroxylation sites is 1. The molecule has 3 nitrogen and oxygen atoms in total. The summed E-state index contributed by atoms with van der Waals surface area (Å²) < 4.78 is 5.73. The van der Waals surface area contributed by atoms with Crippen LogP contribution in [0, 0.1) is 0 Å². The van der Waals surface area contributed by atoms with Crippen LogP contribution in [0.2, 0.25) is 5.02 Å². The first-order chi connectivity index (χ1) is 11.7. The molecule has 1 atom stereocenters. The number of nitrogens with one attached hydrogen (secondary N) is 1. The molecule has 0 aromatic heterocycles. The molecule has 128 valence electrons. The Labute approximate surface area is 152 Å². The highest BCUT2D eigenvalue weighted by molar-refractivity contribution is 7.98. The van der Waals surface area contributed by atoms with Crippen LogP contribution >= 0.6 is 23.4 Å². The maximum Gasteiger partial charge on any atom is 0.261 e. The molecule has 0 aliphatic carbocycles. The number of halogens is 1. The van der Waals surface area contributed by atoms with E-state index in [-0.39, 0.29) is 5.91 Å². The van der Waals surface area contributed by atoms with E-state index in [4.69, 9.17) is 16.3 Å². The number of thioether (sulfide) groups is 1. The summed E-state index contributed by atoms with van der Waals surface area (Å²) in [5.41, 5.74) is 1.19. The van der Waals surface area contributed by atoms with Gasteiger partial charge in [-0.15, -0.1) is 0 Å². The lowest BCUT2D eigenvalue weighted by Crippen LogP contribution is -2.39. The van der Waals surface area contributed by atoms with Gasteiger partial charge in [-0.2, -0.15) is 11.8 Å². The van der Waals surface area contributed by atoms with Crippen molar-refractivity contribution in [1.82, 2.24) is 5.32 Å². The van der Waals surface area contributed by atoms with E-state index in [1.54, 1.807) is 11.8 Å². The minimum atomic E-state index is -0.453. The van der Waals surface area contributed by atoms with Gasteiger partial charge in [0.15, 0.2) is 6.10 Å². The summed E-state index contributed by atoms with van der Waals surface area (Å²) in [6.07, 6.45) is 0.182. The van der Waals surface area contributed by atoms with Gasteiger partial charge < -0.3 is 10.1 Å². The van der Waals surface area contributed by atoms with Crippen molar-refractivity contribution >= 4 is 29.3 Å². The molecular weight excluding hydrogens is 342 g/mol. The topological polar surface area (TPSA) is 38.3 Å². The molecule has 24 heavy (non-hydrogen) atoms. The molecule has 2 rings (SSSR count). The van der Waals surface area contributed by atoms with E-state index in [1.807, 2.05) is 55.5 Å². The van der Waals surface area contributed by atoms with E-state index < -0.39 is 6.10 Å². The van der Waals surface area contributed by atoms with Crippen LogP contribution in [0.5, 0.6) is 5.75 Å². The van der Waals surface area contributed by atoms with Crippen molar-refractivity contribution in [2.75, 3.05) is 12.3 Å². The van der Waals surface area contributed by atoms with Crippen molar-refractivity contribution in [3.8, 4) is 5.75 Å². The zero-order valence-corrected chi connectivity index (χ0v) is 15.3. The van der Waals surface area contributed by atoms with E-state index in [0.29, 0.717) is 13.0 Å². The summed E-state index contributed by atoms with van der Waals surface area (Å²) >= 11 is 7.73. The number of amides is 1. The smallest absolute Gasteiger partial charge is 0.261 e. The third-order valence-corrected chi connectivity index (χ3v) is 4.65. The van der Waals surface area contributed by atoms with Crippen molar-refractivity contribution < 1.29 is 9.53 Å². The van der Waals surface area contributed by atoms with Crippen molar-refractivity contribution in [2.45, 2.75) is 25.2 Å². The van der Waals surface area contributed by atoms with Gasteiger partial charge in [-0.25, -0.2) is 0 Å². The van der Waals surface area contributed by atoms with Crippen LogP contribution in [-0.2, 0) is 10.5 Å². The van der Waals surface area contributed by atoms with Gasteiger partial charge >= 0.3 is 0 Å². The van der Waals surface area contributed by atoms with Gasteiger partial charge in [-0.1, -0.05) is 48.9 Å². The average Bonchev–Trinajstić information content (AvgIpc) is 2.60. The van der Waals surface area contributed by atoms with Gasteiger partial charge in [-0.3, -0.25) is 4.79 Å². The molecule has 0 saturated heterocycles. The molecule has 1 amide bonds. The molecule has 0 heterocycles. The fraction of sp³-hybridized carbons (Fsp3) is 0.316. The minimum Gasteiger partial charge on any atom is -0.481 e. The Morgan fingerprint density at radius 1 is 1.21 bits per heavy atom. The fourth-order valence-corrected chi connectivity index (χ4v) is 3.18. The van der Waals surface area contributed by atoms with E-state index in [9.17, 15) is 4.79 Å². The molecule has 0 spiro atoms. The fourth-order valence-electron chi connectivity index (χ4n) is 2.16. The van der Waals surface area contributed by atoms with Crippen LogP contribution in [0.1, 0.15) is 18.9 Å². The van der Waals surface area contributed by atoms with E-state index in [2.05, 4.69) is 11.4 Å². The highest BCUT2D eigenvalue weighted by Gasteiger charge is 2.17. The van der Waals surface area contributed by atoms with Gasteiger partial charge in [0.1, 0.15) is 5.75 Å². The van der Waals surface area contributed by atoms with Crippen molar-refractivity contribution in [3.05, 3.63) is 65.2 Å². The Bertz CT molecular complexity index is 636. The van der Waals surface area contributed by atoms with Crippen molar-refractivity contribution in [2.24, 2.45) is 0 Å². The Morgan fingerprint density at radius 3 is 2.71 bits per heavy atom. The molecule has 2 aromatic carbocycles. The molecule has 0 bridgehead atoms. The Hall–Kier alpha value is -1.65. The molecule has 0 aliphatic heterocycles. The van der Waals surface area contributed by atoms with Gasteiger partial charge in [0, 0.05) is 23.1 Å². The summed E-state index contributed by atoms with van der Waals surface area (Å²) in [7, 11) is 0. The average molecular weight is 364 g/mol. The maximum absolute atomic E-state index is 12.2. The Morgan fingerprint density at radius 2 is 2.00 bits per heavy atom. The lowest BCUT2D eigenvalue weighted by Gasteiger charge is -2.17. The third kappa shape index (κ3) is 6.46. The highest BCUT2D eigenvalue weighted by atomic mass is 35.5. The summed E-state index contributed by atoms with van der Waals surface area (Å²) in [6.45, 7) is 2.57. The Balaban J connectivity index is 1.68.